The summed E-state index contributed by atoms with van der Waals surface area (Å²) in [6, 6.07) is 0. The van der Waals surface area contributed by atoms with Gasteiger partial charge in [0.1, 0.15) is 0 Å². The lowest BCUT2D eigenvalue weighted by Crippen LogP contribution is -2.61. The molecular weight excluding hydrogens is 212 g/mol. The van der Waals surface area contributed by atoms with E-state index >= 15 is 0 Å². The Morgan fingerprint density at radius 2 is 1.94 bits per heavy atom. The van der Waals surface area contributed by atoms with E-state index < -0.39 is 11.2 Å². The van der Waals surface area contributed by atoms with E-state index in [0.29, 0.717) is 18.3 Å². The fourth-order valence-electron chi connectivity index (χ4n) is 4.23. The van der Waals surface area contributed by atoms with Crippen LogP contribution in [-0.2, 0) is 0 Å². The Bertz CT molecular complexity index is 319. The molecule has 0 radical (unpaired) electrons. The van der Waals surface area contributed by atoms with Gasteiger partial charge in [-0.25, -0.2) is 0 Å². The summed E-state index contributed by atoms with van der Waals surface area (Å²) in [7, 11) is 0. The van der Waals surface area contributed by atoms with Crippen molar-refractivity contribution in [3.05, 3.63) is 12.2 Å². The van der Waals surface area contributed by atoms with Crippen LogP contribution in [-0.4, -0.2) is 21.4 Å². The minimum atomic E-state index is -0.731. The predicted octanol–water partition coefficient (Wildman–Crippen LogP) is 2.89. The monoisotopic (exact) mass is 238 g/mol. The second-order valence-corrected chi connectivity index (χ2v) is 6.76. The van der Waals surface area contributed by atoms with Crippen LogP contribution in [0, 0.1) is 17.8 Å². The fourth-order valence-corrected chi connectivity index (χ4v) is 4.23. The van der Waals surface area contributed by atoms with Gasteiger partial charge in [0.2, 0.25) is 0 Å². The summed E-state index contributed by atoms with van der Waals surface area (Å²) in [6.07, 6.45) is 4.25. The standard InChI is InChI=1S/C15H26O2/c1-10(2)12-7-8-14(4,16)13-6-5-11(3)9-15(12,13)17/h10,12-13,16-17H,3,5-9H2,1-2,4H3/t12-,13-,14+,15+/m0/s1. The molecule has 2 saturated carbocycles. The molecule has 0 amide bonds. The Labute approximate surface area is 105 Å². The lowest BCUT2D eigenvalue weighted by molar-refractivity contribution is -0.197. The third-order valence-corrected chi connectivity index (χ3v) is 5.08. The van der Waals surface area contributed by atoms with E-state index in [9.17, 15) is 10.2 Å². The Balaban J connectivity index is 2.35. The van der Waals surface area contributed by atoms with Crippen LogP contribution in [0.3, 0.4) is 0 Å². The van der Waals surface area contributed by atoms with Crippen LogP contribution in [0.25, 0.3) is 0 Å². The maximum absolute atomic E-state index is 11.1. The molecule has 0 aromatic heterocycles. The third kappa shape index (κ3) is 2.06. The highest BCUT2D eigenvalue weighted by Gasteiger charge is 2.56. The molecule has 0 aromatic carbocycles. The van der Waals surface area contributed by atoms with Gasteiger partial charge in [0.25, 0.3) is 0 Å². The van der Waals surface area contributed by atoms with Crippen molar-refractivity contribution < 1.29 is 10.2 Å². The van der Waals surface area contributed by atoms with Gasteiger partial charge >= 0.3 is 0 Å². The first-order valence-corrected chi connectivity index (χ1v) is 6.89. The smallest absolute Gasteiger partial charge is 0.0770 e. The Kier molecular flexibility index (Phi) is 3.16. The normalized spacial score (nSPS) is 47.1. The van der Waals surface area contributed by atoms with Gasteiger partial charge in [-0.1, -0.05) is 26.0 Å². The van der Waals surface area contributed by atoms with E-state index in [-0.39, 0.29) is 5.92 Å². The maximum atomic E-state index is 11.1. The summed E-state index contributed by atoms with van der Waals surface area (Å²) in [6.45, 7) is 10.3. The second-order valence-electron chi connectivity index (χ2n) is 6.76. The molecule has 0 heterocycles. The van der Waals surface area contributed by atoms with Crippen molar-refractivity contribution in [1.29, 1.82) is 0 Å². The average molecular weight is 238 g/mol. The van der Waals surface area contributed by atoms with Crippen LogP contribution in [0.2, 0.25) is 0 Å². The molecule has 0 saturated heterocycles. The minimum absolute atomic E-state index is 0.0154. The molecule has 0 aliphatic heterocycles. The largest absolute Gasteiger partial charge is 0.390 e. The summed E-state index contributed by atoms with van der Waals surface area (Å²) < 4.78 is 0. The summed E-state index contributed by atoms with van der Waals surface area (Å²) in [5.41, 5.74) is -0.293. The van der Waals surface area contributed by atoms with Crippen LogP contribution < -0.4 is 0 Å². The van der Waals surface area contributed by atoms with Crippen LogP contribution in [0.15, 0.2) is 12.2 Å². The molecule has 2 heteroatoms. The van der Waals surface area contributed by atoms with Gasteiger partial charge in [0, 0.05) is 5.92 Å². The van der Waals surface area contributed by atoms with Crippen molar-refractivity contribution in [3.8, 4) is 0 Å². The molecule has 17 heavy (non-hydrogen) atoms. The molecule has 2 fully saturated rings. The van der Waals surface area contributed by atoms with Gasteiger partial charge in [0.15, 0.2) is 0 Å². The maximum Gasteiger partial charge on any atom is 0.0770 e. The van der Waals surface area contributed by atoms with Crippen molar-refractivity contribution in [3.63, 3.8) is 0 Å². The number of hydrogen-bond acceptors (Lipinski definition) is 2. The Morgan fingerprint density at radius 3 is 2.53 bits per heavy atom. The molecule has 2 rings (SSSR count). The SMILES string of the molecule is C=C1CC[C@@H]2[C@@](O)(C1)[C@H](C(C)C)CC[C@@]2(C)O. The lowest BCUT2D eigenvalue weighted by atomic mass is 9.54. The molecule has 0 unspecified atom stereocenters. The van der Waals surface area contributed by atoms with Gasteiger partial charge in [-0.15, -0.1) is 0 Å². The molecular formula is C15H26O2. The summed E-state index contributed by atoms with van der Waals surface area (Å²) >= 11 is 0. The zero-order chi connectivity index (χ0) is 12.8. The van der Waals surface area contributed by atoms with E-state index in [1.807, 2.05) is 6.92 Å². The van der Waals surface area contributed by atoms with Crippen LogP contribution in [0.5, 0.6) is 0 Å². The zero-order valence-corrected chi connectivity index (χ0v) is 11.4. The first-order chi connectivity index (χ1) is 7.77. The zero-order valence-electron chi connectivity index (χ0n) is 11.4. The van der Waals surface area contributed by atoms with E-state index in [4.69, 9.17) is 0 Å². The number of rotatable bonds is 1. The van der Waals surface area contributed by atoms with Gasteiger partial charge in [-0.2, -0.15) is 0 Å². The molecule has 0 aromatic rings. The number of hydrogen-bond donors (Lipinski definition) is 2. The van der Waals surface area contributed by atoms with Crippen molar-refractivity contribution in [2.75, 3.05) is 0 Å². The van der Waals surface area contributed by atoms with E-state index in [2.05, 4.69) is 20.4 Å². The first-order valence-electron chi connectivity index (χ1n) is 6.89. The van der Waals surface area contributed by atoms with Gasteiger partial charge in [0.05, 0.1) is 11.2 Å². The third-order valence-electron chi connectivity index (χ3n) is 5.08. The number of fused-ring (bicyclic) bond motifs is 1. The second kappa shape index (κ2) is 4.10. The minimum Gasteiger partial charge on any atom is -0.390 e. The van der Waals surface area contributed by atoms with E-state index in [1.165, 1.54) is 0 Å². The highest BCUT2D eigenvalue weighted by molar-refractivity contribution is 5.16. The van der Waals surface area contributed by atoms with Crippen molar-refractivity contribution in [2.45, 2.75) is 64.1 Å². The van der Waals surface area contributed by atoms with E-state index in [1.54, 1.807) is 0 Å². The summed E-state index contributed by atoms with van der Waals surface area (Å²) in [5.74, 6) is 0.774. The van der Waals surface area contributed by atoms with Crippen LogP contribution >= 0.6 is 0 Å². The molecule has 98 valence electrons. The van der Waals surface area contributed by atoms with Gasteiger partial charge in [-0.3, -0.25) is 0 Å². The molecule has 2 nitrogen and oxygen atoms in total. The molecule has 2 aliphatic rings. The predicted molar refractivity (Wildman–Crippen MR) is 69.6 cm³/mol. The summed E-state index contributed by atoms with van der Waals surface area (Å²) in [5, 5.41) is 21.6. The van der Waals surface area contributed by atoms with Crippen LogP contribution in [0.1, 0.15) is 52.9 Å². The molecule has 2 aliphatic carbocycles. The highest BCUT2D eigenvalue weighted by Crippen LogP contribution is 2.54. The fraction of sp³-hybridized carbons (Fsp3) is 0.867. The highest BCUT2D eigenvalue weighted by atomic mass is 16.3. The van der Waals surface area contributed by atoms with E-state index in [0.717, 1.165) is 31.3 Å². The Morgan fingerprint density at radius 1 is 1.29 bits per heavy atom. The van der Waals surface area contributed by atoms with Crippen molar-refractivity contribution in [1.82, 2.24) is 0 Å². The lowest BCUT2D eigenvalue weighted by Gasteiger charge is -2.56. The van der Waals surface area contributed by atoms with Gasteiger partial charge < -0.3 is 10.2 Å². The first kappa shape index (κ1) is 13.1. The quantitative estimate of drug-likeness (QED) is 0.690. The summed E-state index contributed by atoms with van der Waals surface area (Å²) in [4.78, 5) is 0. The molecule has 2 N–H and O–H groups in total. The number of aliphatic hydroxyl groups is 2. The molecule has 0 spiro atoms. The molecule has 0 bridgehead atoms. The van der Waals surface area contributed by atoms with Crippen LogP contribution in [0.4, 0.5) is 0 Å². The van der Waals surface area contributed by atoms with Crippen molar-refractivity contribution >= 4 is 0 Å². The topological polar surface area (TPSA) is 40.5 Å². The van der Waals surface area contributed by atoms with Gasteiger partial charge in [-0.05, 0) is 50.9 Å². The Hall–Kier alpha value is -0.340. The average Bonchev–Trinajstić information content (AvgIpc) is 2.14. The van der Waals surface area contributed by atoms with Crippen molar-refractivity contribution in [2.24, 2.45) is 17.8 Å². The molecule has 4 atom stereocenters.